The Bertz CT molecular complexity index is 1290. The molecule has 3 aromatic rings. The van der Waals surface area contributed by atoms with Gasteiger partial charge >= 0.3 is 6.18 Å². The maximum absolute atomic E-state index is 13.2. The largest absolute Gasteiger partial charge is 0.433 e. The van der Waals surface area contributed by atoms with Crippen molar-refractivity contribution in [3.8, 4) is 0 Å². The van der Waals surface area contributed by atoms with Gasteiger partial charge in [-0.1, -0.05) is 13.8 Å². The van der Waals surface area contributed by atoms with Crippen molar-refractivity contribution in [1.82, 2.24) is 14.5 Å². The number of hydrogen-bond donors (Lipinski definition) is 1. The average Bonchev–Trinajstić information content (AvgIpc) is 3.08. The Morgan fingerprint density at radius 2 is 1.94 bits per heavy atom. The van der Waals surface area contributed by atoms with Crippen molar-refractivity contribution in [3.63, 3.8) is 0 Å². The summed E-state index contributed by atoms with van der Waals surface area (Å²) in [5.41, 5.74) is 0.841. The molecular weight excluding hydrogens is 445 g/mol. The minimum Gasteiger partial charge on any atom is -0.392 e. The van der Waals surface area contributed by atoms with Gasteiger partial charge < -0.3 is 14.6 Å². The van der Waals surface area contributed by atoms with E-state index in [2.05, 4.69) is 9.97 Å². The molecule has 0 amide bonds. The number of aromatic nitrogens is 3. The van der Waals surface area contributed by atoms with Gasteiger partial charge in [-0.3, -0.25) is 0 Å². The van der Waals surface area contributed by atoms with E-state index < -0.39 is 28.3 Å². The molecule has 11 heteroatoms. The number of benzene rings is 1. The topological polar surface area (TPSA) is 88.3 Å². The molecule has 172 valence electrons. The fraction of sp³-hybridized carbons (Fsp3) is 0.429. The number of sulfone groups is 1. The zero-order valence-corrected chi connectivity index (χ0v) is 18.6. The van der Waals surface area contributed by atoms with Gasteiger partial charge in [0.1, 0.15) is 5.69 Å². The maximum Gasteiger partial charge on any atom is 0.433 e. The summed E-state index contributed by atoms with van der Waals surface area (Å²) in [7, 11) is -3.55. The zero-order chi connectivity index (χ0) is 23.4. The van der Waals surface area contributed by atoms with Crippen LogP contribution in [0.25, 0.3) is 10.9 Å². The molecule has 32 heavy (non-hydrogen) atoms. The molecule has 7 nitrogen and oxygen atoms in total. The molecular formula is C21H23F3N4O3S. The first-order chi connectivity index (χ1) is 14.9. The molecule has 0 unspecified atom stereocenters. The van der Waals surface area contributed by atoms with E-state index in [1.807, 2.05) is 24.5 Å². The third-order valence-electron chi connectivity index (χ3n) is 5.71. The monoisotopic (exact) mass is 468 g/mol. The predicted octanol–water partition coefficient (Wildman–Crippen LogP) is 3.56. The Morgan fingerprint density at radius 3 is 2.53 bits per heavy atom. The summed E-state index contributed by atoms with van der Waals surface area (Å²) >= 11 is 0. The van der Waals surface area contributed by atoms with Crippen LogP contribution in [0.4, 0.5) is 19.1 Å². The van der Waals surface area contributed by atoms with E-state index in [4.69, 9.17) is 0 Å². The molecule has 1 N–H and O–H groups in total. The van der Waals surface area contributed by atoms with Crippen molar-refractivity contribution >= 4 is 26.7 Å². The minimum absolute atomic E-state index is 0.00269. The normalized spacial score (nSPS) is 17.2. The van der Waals surface area contributed by atoms with Crippen LogP contribution in [0.2, 0.25) is 0 Å². The molecule has 1 aliphatic rings. The fourth-order valence-corrected chi connectivity index (χ4v) is 5.32. The van der Waals surface area contributed by atoms with Gasteiger partial charge in [0.15, 0.2) is 9.84 Å². The Morgan fingerprint density at radius 1 is 1.22 bits per heavy atom. The zero-order valence-electron chi connectivity index (χ0n) is 17.8. The van der Waals surface area contributed by atoms with Crippen LogP contribution in [0, 0.1) is 5.92 Å². The summed E-state index contributed by atoms with van der Waals surface area (Å²) in [5, 5.41) is 10.4. The van der Waals surface area contributed by atoms with Crippen molar-refractivity contribution in [3.05, 3.63) is 47.4 Å². The molecule has 0 saturated carbocycles. The lowest BCUT2D eigenvalue weighted by molar-refractivity contribution is -0.141. The Labute approximate surface area is 183 Å². The number of hydrogen-bond acceptors (Lipinski definition) is 6. The van der Waals surface area contributed by atoms with Gasteiger partial charge in [0.25, 0.3) is 0 Å². The second-order valence-electron chi connectivity index (χ2n) is 8.29. The quantitative estimate of drug-likeness (QED) is 0.630. The molecule has 4 rings (SSSR count). The van der Waals surface area contributed by atoms with Crippen LogP contribution in [0.15, 0.2) is 35.4 Å². The lowest BCUT2D eigenvalue weighted by atomic mass is 9.97. The van der Waals surface area contributed by atoms with Gasteiger partial charge in [0, 0.05) is 42.1 Å². The lowest BCUT2D eigenvalue weighted by Gasteiger charge is -2.39. The van der Waals surface area contributed by atoms with E-state index in [9.17, 15) is 26.7 Å². The van der Waals surface area contributed by atoms with Gasteiger partial charge in [-0.15, -0.1) is 0 Å². The number of alkyl halides is 3. The van der Waals surface area contributed by atoms with E-state index in [-0.39, 0.29) is 22.8 Å². The number of aliphatic hydroxyl groups is 1. The predicted molar refractivity (Wildman–Crippen MR) is 113 cm³/mol. The lowest BCUT2D eigenvalue weighted by Crippen LogP contribution is -2.41. The van der Waals surface area contributed by atoms with E-state index >= 15 is 0 Å². The second kappa shape index (κ2) is 7.73. The molecule has 1 aromatic carbocycles. The highest BCUT2D eigenvalue weighted by molar-refractivity contribution is 7.90. The molecule has 0 aliphatic carbocycles. The summed E-state index contributed by atoms with van der Waals surface area (Å²) < 4.78 is 66.0. The summed E-state index contributed by atoms with van der Waals surface area (Å²) in [4.78, 5) is 9.70. The van der Waals surface area contributed by atoms with Crippen LogP contribution in [0.5, 0.6) is 0 Å². The van der Waals surface area contributed by atoms with Crippen LogP contribution >= 0.6 is 0 Å². The Kier molecular flexibility index (Phi) is 5.44. The first-order valence-corrected chi connectivity index (χ1v) is 11.9. The van der Waals surface area contributed by atoms with Crippen LogP contribution in [-0.4, -0.2) is 40.9 Å². The molecule has 1 aliphatic heterocycles. The van der Waals surface area contributed by atoms with Crippen molar-refractivity contribution in [2.45, 2.75) is 44.1 Å². The molecule has 0 radical (unpaired) electrons. The highest BCUT2D eigenvalue weighted by Gasteiger charge is 2.36. The van der Waals surface area contributed by atoms with Crippen LogP contribution in [0.3, 0.4) is 0 Å². The summed E-state index contributed by atoms with van der Waals surface area (Å²) in [6.07, 6.45) is -2.37. The van der Waals surface area contributed by atoms with Crippen molar-refractivity contribution < 1.29 is 26.7 Å². The molecule has 2 aromatic heterocycles. The third-order valence-corrected chi connectivity index (χ3v) is 6.89. The average molecular weight is 469 g/mol. The number of nitrogens with zero attached hydrogens (tertiary/aromatic N) is 4. The molecule has 0 fully saturated rings. The number of fused-ring (bicyclic) bond motifs is 3. The fourth-order valence-electron chi connectivity index (χ4n) is 4.40. The SMILES string of the molecule is CC(C)[C@H]1c2cc3cc(CO)c(S(C)(=O)=O)cc3n2CCN1c1nccc(C(F)(F)F)n1. The van der Waals surface area contributed by atoms with E-state index in [0.717, 1.165) is 29.6 Å². The minimum atomic E-state index is -4.57. The number of anilines is 1. The van der Waals surface area contributed by atoms with Crippen molar-refractivity contribution in [2.75, 3.05) is 17.7 Å². The molecule has 1 atom stereocenters. The Balaban J connectivity index is 1.87. The van der Waals surface area contributed by atoms with E-state index in [1.165, 1.54) is 0 Å². The summed E-state index contributed by atoms with van der Waals surface area (Å²) in [6, 6.07) is 5.63. The number of rotatable bonds is 4. The van der Waals surface area contributed by atoms with Crippen LogP contribution in [0.1, 0.15) is 36.8 Å². The van der Waals surface area contributed by atoms with Crippen LogP contribution in [-0.2, 0) is 29.2 Å². The van der Waals surface area contributed by atoms with Crippen molar-refractivity contribution in [1.29, 1.82) is 0 Å². The smallest absolute Gasteiger partial charge is 0.392 e. The van der Waals surface area contributed by atoms with Gasteiger partial charge in [-0.25, -0.2) is 18.4 Å². The first-order valence-electron chi connectivity index (χ1n) is 10.1. The highest BCUT2D eigenvalue weighted by Crippen LogP contribution is 2.39. The van der Waals surface area contributed by atoms with Gasteiger partial charge in [0.2, 0.25) is 5.95 Å². The molecule has 0 bridgehead atoms. The summed E-state index contributed by atoms with van der Waals surface area (Å²) in [6.45, 7) is 4.27. The first kappa shape index (κ1) is 22.5. The highest BCUT2D eigenvalue weighted by atomic mass is 32.2. The van der Waals surface area contributed by atoms with Gasteiger partial charge in [-0.05, 0) is 35.7 Å². The molecule has 3 heterocycles. The maximum atomic E-state index is 13.2. The summed E-state index contributed by atoms with van der Waals surface area (Å²) in [5.74, 6) is 0.00565. The van der Waals surface area contributed by atoms with E-state index in [1.54, 1.807) is 17.0 Å². The molecule has 0 saturated heterocycles. The molecule has 0 spiro atoms. The van der Waals surface area contributed by atoms with Gasteiger partial charge in [-0.2, -0.15) is 13.2 Å². The number of aliphatic hydroxyl groups excluding tert-OH is 1. The Hall–Kier alpha value is -2.66. The van der Waals surface area contributed by atoms with E-state index in [0.29, 0.717) is 24.2 Å². The third kappa shape index (κ3) is 3.83. The number of halogens is 3. The van der Waals surface area contributed by atoms with Crippen molar-refractivity contribution in [2.24, 2.45) is 5.92 Å². The van der Waals surface area contributed by atoms with Crippen LogP contribution < -0.4 is 4.90 Å². The second-order valence-corrected chi connectivity index (χ2v) is 10.3. The van der Waals surface area contributed by atoms with Gasteiger partial charge in [0.05, 0.1) is 17.5 Å². The standard InChI is InChI=1S/C21H23F3N4O3S/c1-12(2)19-16-9-13-8-14(11-29)17(32(3,30)31)10-15(13)27(16)6-7-28(19)20-25-5-4-18(26-20)21(22,23)24/h4-5,8-10,12,19,29H,6-7,11H2,1-3H3/t19-/m0/s1.